The molecule has 0 aliphatic heterocycles. The van der Waals surface area contributed by atoms with E-state index in [9.17, 15) is 0 Å². The molecule has 11 rings (SSSR count). The van der Waals surface area contributed by atoms with Crippen LogP contribution in [0, 0.1) is 0 Å². The second-order valence-electron chi connectivity index (χ2n) is 12.4. The maximum absolute atomic E-state index is 6.48. The Morgan fingerprint density at radius 2 is 0.809 bits per heavy atom. The van der Waals surface area contributed by atoms with Crippen molar-refractivity contribution in [2.75, 3.05) is 0 Å². The molecule has 0 atom stereocenters. The zero-order valence-electron chi connectivity index (χ0n) is 25.1. The molecule has 3 heterocycles. The van der Waals surface area contributed by atoms with E-state index in [1.165, 1.54) is 69.4 Å². The number of hydrogen-bond donors (Lipinski definition) is 0. The molecular weight excluding hydrogens is 593 g/mol. The van der Waals surface area contributed by atoms with Crippen molar-refractivity contribution in [1.29, 1.82) is 0 Å². The maximum Gasteiger partial charge on any atom is 0.136 e. The van der Waals surface area contributed by atoms with Crippen molar-refractivity contribution in [3.8, 4) is 22.3 Å². The first kappa shape index (κ1) is 25.3. The average Bonchev–Trinajstić information content (AvgIpc) is 3.81. The van der Waals surface area contributed by atoms with Crippen LogP contribution in [0.5, 0.6) is 0 Å². The van der Waals surface area contributed by atoms with Crippen molar-refractivity contribution in [3.05, 3.63) is 146 Å². The first-order chi connectivity index (χ1) is 23.3. The van der Waals surface area contributed by atoms with E-state index in [1.807, 2.05) is 23.5 Å². The van der Waals surface area contributed by atoms with E-state index in [0.29, 0.717) is 0 Å². The van der Waals surface area contributed by atoms with Crippen LogP contribution in [0.15, 0.2) is 154 Å². The molecule has 218 valence electrons. The normalized spacial score (nSPS) is 12.3. The second kappa shape index (κ2) is 9.32. The molecule has 0 radical (unpaired) electrons. The van der Waals surface area contributed by atoms with Gasteiger partial charge in [0.05, 0.1) is 0 Å². The summed E-state index contributed by atoms with van der Waals surface area (Å²) in [5.74, 6) is 0. The molecule has 0 unspecified atom stereocenters. The van der Waals surface area contributed by atoms with Crippen LogP contribution in [0.1, 0.15) is 0 Å². The fraction of sp³-hybridized carbons (Fsp3) is 0. The van der Waals surface area contributed by atoms with Gasteiger partial charge in [0.25, 0.3) is 0 Å². The predicted molar refractivity (Wildman–Crippen MR) is 200 cm³/mol. The Morgan fingerprint density at radius 1 is 0.319 bits per heavy atom. The van der Waals surface area contributed by atoms with Gasteiger partial charge in [-0.1, -0.05) is 97.1 Å². The minimum absolute atomic E-state index is 0.910. The predicted octanol–water partition coefficient (Wildman–Crippen LogP) is 13.5. The number of benzene rings is 8. The van der Waals surface area contributed by atoms with Crippen LogP contribution in [0.3, 0.4) is 0 Å². The Balaban J connectivity index is 1.23. The number of fused-ring (bicyclic) bond motifs is 12. The van der Waals surface area contributed by atoms with Crippen LogP contribution in [0.4, 0.5) is 0 Å². The Hall–Kier alpha value is -5.90. The summed E-state index contributed by atoms with van der Waals surface area (Å²) in [4.78, 5) is 0. The second-order valence-corrected chi connectivity index (χ2v) is 13.5. The molecule has 0 N–H and O–H groups in total. The van der Waals surface area contributed by atoms with E-state index in [-0.39, 0.29) is 0 Å². The van der Waals surface area contributed by atoms with Gasteiger partial charge in [0.2, 0.25) is 0 Å². The van der Waals surface area contributed by atoms with Crippen LogP contribution < -0.4 is 0 Å². The quantitative estimate of drug-likeness (QED) is 0.181. The van der Waals surface area contributed by atoms with Gasteiger partial charge >= 0.3 is 0 Å². The van der Waals surface area contributed by atoms with Crippen molar-refractivity contribution in [2.24, 2.45) is 0 Å². The molecule has 8 aromatic carbocycles. The van der Waals surface area contributed by atoms with Crippen molar-refractivity contribution >= 4 is 96.9 Å². The lowest BCUT2D eigenvalue weighted by molar-refractivity contribution is 0.668. The fourth-order valence-corrected chi connectivity index (χ4v) is 8.98. The molecule has 0 aliphatic rings. The lowest BCUT2D eigenvalue weighted by Crippen LogP contribution is -1.90. The van der Waals surface area contributed by atoms with Gasteiger partial charge in [-0.25, -0.2) is 0 Å². The monoisotopic (exact) mass is 616 g/mol. The van der Waals surface area contributed by atoms with Gasteiger partial charge in [-0.3, -0.25) is 0 Å². The Bertz CT molecular complexity index is 3020. The van der Waals surface area contributed by atoms with Gasteiger partial charge in [0.15, 0.2) is 0 Å². The standard InChI is InChI=1S/C44H24O2S/c1-3-12-30-28(10-1)41(25-17-19-36-33(23-25)27-9-5-7-15-35(27)45-36)29-11-2-4-13-31(29)42(30)26-18-20-37-34(24-26)43-38(46-37)21-22-40-44(43)32-14-6-8-16-39(32)47-40/h1-24H. The molecule has 0 fully saturated rings. The van der Waals surface area contributed by atoms with E-state index < -0.39 is 0 Å². The topological polar surface area (TPSA) is 26.3 Å². The number of hydrogen-bond acceptors (Lipinski definition) is 3. The molecule has 3 heteroatoms. The molecule has 2 nitrogen and oxygen atoms in total. The van der Waals surface area contributed by atoms with Gasteiger partial charge in [0.1, 0.15) is 22.3 Å². The molecule has 47 heavy (non-hydrogen) atoms. The van der Waals surface area contributed by atoms with E-state index in [2.05, 4.69) is 133 Å². The maximum atomic E-state index is 6.48. The minimum Gasteiger partial charge on any atom is -0.456 e. The molecule has 0 saturated heterocycles. The molecule has 0 spiro atoms. The van der Waals surface area contributed by atoms with E-state index in [1.54, 1.807) is 0 Å². The van der Waals surface area contributed by atoms with Crippen LogP contribution in [-0.4, -0.2) is 0 Å². The molecule has 3 aromatic heterocycles. The lowest BCUT2D eigenvalue weighted by atomic mass is 9.85. The van der Waals surface area contributed by atoms with Gasteiger partial charge in [-0.05, 0) is 92.3 Å². The fourth-order valence-electron chi connectivity index (χ4n) is 7.87. The number of rotatable bonds is 2. The van der Waals surface area contributed by atoms with Gasteiger partial charge < -0.3 is 8.83 Å². The highest BCUT2D eigenvalue weighted by Gasteiger charge is 2.20. The summed E-state index contributed by atoms with van der Waals surface area (Å²) in [5, 5.41) is 12.1. The first-order valence-corrected chi connectivity index (χ1v) is 16.7. The van der Waals surface area contributed by atoms with Crippen LogP contribution in [-0.2, 0) is 0 Å². The highest BCUT2D eigenvalue weighted by Crippen LogP contribution is 2.47. The van der Waals surface area contributed by atoms with E-state index in [0.717, 1.165) is 38.5 Å². The van der Waals surface area contributed by atoms with Crippen molar-refractivity contribution in [1.82, 2.24) is 0 Å². The zero-order chi connectivity index (χ0) is 30.6. The molecule has 0 saturated carbocycles. The molecule has 0 aliphatic carbocycles. The van der Waals surface area contributed by atoms with E-state index >= 15 is 0 Å². The van der Waals surface area contributed by atoms with Gasteiger partial charge in [-0.15, -0.1) is 11.3 Å². The zero-order valence-corrected chi connectivity index (χ0v) is 25.9. The SMILES string of the molecule is c1ccc2c(c1)oc1ccc(-c3c4ccccc4c(-c4ccc5oc6ccc7sc8ccccc8c7c6c5c4)c4ccccc34)cc12. The minimum atomic E-state index is 0.910. The summed E-state index contributed by atoms with van der Waals surface area (Å²) >= 11 is 1.85. The van der Waals surface area contributed by atoms with Crippen LogP contribution in [0.2, 0.25) is 0 Å². The third kappa shape index (κ3) is 3.49. The summed E-state index contributed by atoms with van der Waals surface area (Å²) in [6.45, 7) is 0. The largest absolute Gasteiger partial charge is 0.456 e. The molecule has 0 amide bonds. The summed E-state index contributed by atoms with van der Waals surface area (Å²) in [6, 6.07) is 52.4. The molecular formula is C44H24O2S. The number of furan rings is 2. The van der Waals surface area contributed by atoms with Crippen molar-refractivity contribution in [3.63, 3.8) is 0 Å². The summed E-state index contributed by atoms with van der Waals surface area (Å²) in [5.41, 5.74) is 8.53. The van der Waals surface area contributed by atoms with Gasteiger partial charge in [0, 0.05) is 41.7 Å². The van der Waals surface area contributed by atoms with Crippen molar-refractivity contribution in [2.45, 2.75) is 0 Å². The number of thiophene rings is 1. The third-order valence-electron chi connectivity index (χ3n) is 9.86. The van der Waals surface area contributed by atoms with Crippen LogP contribution >= 0.6 is 11.3 Å². The first-order valence-electron chi connectivity index (χ1n) is 15.9. The average molecular weight is 617 g/mol. The lowest BCUT2D eigenvalue weighted by Gasteiger charge is -2.18. The summed E-state index contributed by atoms with van der Waals surface area (Å²) in [6.07, 6.45) is 0. The molecule has 0 bridgehead atoms. The molecule has 11 aromatic rings. The highest BCUT2D eigenvalue weighted by molar-refractivity contribution is 7.26. The van der Waals surface area contributed by atoms with Crippen LogP contribution in [0.25, 0.3) is 108 Å². The van der Waals surface area contributed by atoms with E-state index in [4.69, 9.17) is 8.83 Å². The van der Waals surface area contributed by atoms with Crippen molar-refractivity contribution < 1.29 is 8.83 Å². The summed E-state index contributed by atoms with van der Waals surface area (Å²) in [7, 11) is 0. The summed E-state index contributed by atoms with van der Waals surface area (Å²) < 4.78 is 15.3. The third-order valence-corrected chi connectivity index (χ3v) is 11.0. The smallest absolute Gasteiger partial charge is 0.136 e. The Kier molecular flexibility index (Phi) is 5.02. The Morgan fingerprint density at radius 3 is 1.49 bits per heavy atom. The highest BCUT2D eigenvalue weighted by atomic mass is 32.1. The Labute approximate surface area is 272 Å². The number of para-hydroxylation sites is 1. The van der Waals surface area contributed by atoms with Gasteiger partial charge in [-0.2, -0.15) is 0 Å².